The number of hydrogen-bond donors (Lipinski definition) is 1. The zero-order valence-electron chi connectivity index (χ0n) is 12.0. The Hall–Kier alpha value is -1.25. The van der Waals surface area contributed by atoms with Gasteiger partial charge in [0.15, 0.2) is 5.82 Å². The van der Waals surface area contributed by atoms with Crippen molar-refractivity contribution in [3.05, 3.63) is 18.1 Å². The molecule has 0 aliphatic carbocycles. The third-order valence-corrected chi connectivity index (χ3v) is 4.82. The van der Waals surface area contributed by atoms with E-state index in [0.717, 1.165) is 32.1 Å². The number of pyridine rings is 1. The fraction of sp³-hybridized carbons (Fsp3) is 0.615. The van der Waals surface area contributed by atoms with Gasteiger partial charge in [-0.05, 0) is 19.3 Å². The van der Waals surface area contributed by atoms with E-state index >= 15 is 0 Å². The number of methoxy groups -OCH3 is 1. The maximum absolute atomic E-state index is 13.8. The van der Waals surface area contributed by atoms with Crippen LogP contribution >= 0.6 is 0 Å². The second kappa shape index (κ2) is 7.15. The van der Waals surface area contributed by atoms with Crippen LogP contribution in [0.3, 0.4) is 0 Å². The van der Waals surface area contributed by atoms with Gasteiger partial charge in [0.25, 0.3) is 0 Å². The van der Waals surface area contributed by atoms with Crippen molar-refractivity contribution in [1.82, 2.24) is 9.71 Å². The standard InChI is InChI=1S/C13H20FN3O3S/c1-20-8-4-5-16-21(18,19)12-9-13(15-10-11(12)14)17-6-2-3-7-17/h9-10,16H,2-8H2,1H3. The average Bonchev–Trinajstić information content (AvgIpc) is 2.98. The molecule has 0 spiro atoms. The van der Waals surface area contributed by atoms with Crippen LogP contribution in [0.15, 0.2) is 17.2 Å². The van der Waals surface area contributed by atoms with E-state index in [1.165, 1.54) is 6.07 Å². The number of nitrogens with zero attached hydrogens (tertiary/aromatic N) is 2. The molecule has 0 bridgehead atoms. The van der Waals surface area contributed by atoms with Gasteiger partial charge in [-0.3, -0.25) is 0 Å². The van der Waals surface area contributed by atoms with Gasteiger partial charge in [0.05, 0.1) is 6.20 Å². The van der Waals surface area contributed by atoms with E-state index in [9.17, 15) is 12.8 Å². The van der Waals surface area contributed by atoms with Gasteiger partial charge in [-0.15, -0.1) is 0 Å². The minimum Gasteiger partial charge on any atom is -0.385 e. The first kappa shape index (κ1) is 16.1. The number of aromatic nitrogens is 1. The van der Waals surface area contributed by atoms with Crippen LogP contribution in [0.2, 0.25) is 0 Å². The van der Waals surface area contributed by atoms with Gasteiger partial charge in [-0.25, -0.2) is 22.5 Å². The molecule has 0 radical (unpaired) electrons. The summed E-state index contributed by atoms with van der Waals surface area (Å²) in [4.78, 5) is 5.59. The molecule has 0 atom stereocenters. The molecule has 1 aliphatic heterocycles. The Kier molecular flexibility index (Phi) is 5.49. The van der Waals surface area contributed by atoms with Crippen molar-refractivity contribution in [2.24, 2.45) is 0 Å². The summed E-state index contributed by atoms with van der Waals surface area (Å²) in [6.07, 6.45) is 3.58. The number of anilines is 1. The van der Waals surface area contributed by atoms with Crippen LogP contribution < -0.4 is 9.62 Å². The van der Waals surface area contributed by atoms with Crippen molar-refractivity contribution in [2.75, 3.05) is 38.3 Å². The van der Waals surface area contributed by atoms with Gasteiger partial charge in [-0.1, -0.05) is 0 Å². The SMILES string of the molecule is COCCCNS(=O)(=O)c1cc(N2CCCC2)ncc1F. The summed E-state index contributed by atoms with van der Waals surface area (Å²) in [6, 6.07) is 1.30. The predicted octanol–water partition coefficient (Wildman–Crippen LogP) is 1.14. The Morgan fingerprint density at radius 2 is 2.14 bits per heavy atom. The molecule has 0 amide bonds. The molecule has 1 aliphatic rings. The zero-order chi connectivity index (χ0) is 15.3. The van der Waals surface area contributed by atoms with E-state index in [1.54, 1.807) is 7.11 Å². The maximum atomic E-state index is 13.8. The Morgan fingerprint density at radius 1 is 1.43 bits per heavy atom. The molecule has 8 heteroatoms. The molecule has 2 rings (SSSR count). The van der Waals surface area contributed by atoms with Gasteiger partial charge < -0.3 is 9.64 Å². The number of ether oxygens (including phenoxy) is 1. The predicted molar refractivity (Wildman–Crippen MR) is 77.3 cm³/mol. The Bertz CT molecular complexity index is 574. The minimum atomic E-state index is -3.87. The summed E-state index contributed by atoms with van der Waals surface area (Å²) in [5.74, 6) is -0.330. The Balaban J connectivity index is 2.15. The molecule has 1 fully saturated rings. The van der Waals surface area contributed by atoms with E-state index < -0.39 is 15.8 Å². The van der Waals surface area contributed by atoms with Crippen LogP contribution in [0, 0.1) is 5.82 Å². The zero-order valence-corrected chi connectivity index (χ0v) is 12.8. The van der Waals surface area contributed by atoms with Gasteiger partial charge >= 0.3 is 0 Å². The highest BCUT2D eigenvalue weighted by atomic mass is 32.2. The van der Waals surface area contributed by atoms with Crippen LogP contribution in [0.4, 0.5) is 10.2 Å². The van der Waals surface area contributed by atoms with Gasteiger partial charge in [0.1, 0.15) is 10.7 Å². The quantitative estimate of drug-likeness (QED) is 0.764. The lowest BCUT2D eigenvalue weighted by molar-refractivity contribution is 0.196. The first-order chi connectivity index (χ1) is 10.0. The monoisotopic (exact) mass is 317 g/mol. The van der Waals surface area contributed by atoms with E-state index in [-0.39, 0.29) is 11.4 Å². The Labute approximate surface area is 124 Å². The first-order valence-electron chi connectivity index (χ1n) is 6.93. The third kappa shape index (κ3) is 4.12. The average molecular weight is 317 g/mol. The molecule has 1 N–H and O–H groups in total. The minimum absolute atomic E-state index is 0.205. The van der Waals surface area contributed by atoms with E-state index in [2.05, 4.69) is 9.71 Å². The van der Waals surface area contributed by atoms with E-state index in [1.807, 2.05) is 4.90 Å². The fourth-order valence-corrected chi connectivity index (χ4v) is 3.37. The molecule has 1 saturated heterocycles. The number of sulfonamides is 1. The Morgan fingerprint density at radius 3 is 2.81 bits per heavy atom. The van der Waals surface area contributed by atoms with Crippen molar-refractivity contribution in [3.63, 3.8) is 0 Å². The van der Waals surface area contributed by atoms with E-state index in [0.29, 0.717) is 18.8 Å². The lowest BCUT2D eigenvalue weighted by atomic mass is 10.4. The van der Waals surface area contributed by atoms with Crippen molar-refractivity contribution in [3.8, 4) is 0 Å². The summed E-state index contributed by atoms with van der Waals surface area (Å²) in [6.45, 7) is 2.29. The van der Waals surface area contributed by atoms with Crippen molar-refractivity contribution in [1.29, 1.82) is 0 Å². The molecular formula is C13H20FN3O3S. The number of halogens is 1. The second-order valence-corrected chi connectivity index (χ2v) is 6.65. The molecule has 1 aromatic rings. The normalized spacial score (nSPS) is 15.6. The highest BCUT2D eigenvalue weighted by Gasteiger charge is 2.22. The summed E-state index contributed by atoms with van der Waals surface area (Å²) >= 11 is 0. The topological polar surface area (TPSA) is 71.5 Å². The van der Waals surface area contributed by atoms with E-state index in [4.69, 9.17) is 4.74 Å². The summed E-state index contributed by atoms with van der Waals surface area (Å²) in [5.41, 5.74) is 0. The van der Waals surface area contributed by atoms with Gasteiger partial charge in [-0.2, -0.15) is 0 Å². The highest BCUT2D eigenvalue weighted by molar-refractivity contribution is 7.89. The van der Waals surface area contributed by atoms with Crippen molar-refractivity contribution < 1.29 is 17.5 Å². The smallest absolute Gasteiger partial charge is 0.243 e. The van der Waals surface area contributed by atoms with Crippen molar-refractivity contribution in [2.45, 2.75) is 24.2 Å². The van der Waals surface area contributed by atoms with Gasteiger partial charge in [0.2, 0.25) is 10.0 Å². The highest BCUT2D eigenvalue weighted by Crippen LogP contribution is 2.22. The number of hydrogen-bond acceptors (Lipinski definition) is 5. The molecule has 21 heavy (non-hydrogen) atoms. The fourth-order valence-electron chi connectivity index (χ4n) is 2.24. The van der Waals surface area contributed by atoms with Crippen LogP contribution in [0.25, 0.3) is 0 Å². The van der Waals surface area contributed by atoms with Crippen LogP contribution in [-0.4, -0.2) is 46.8 Å². The molecule has 1 aromatic heterocycles. The summed E-state index contributed by atoms with van der Waals surface area (Å²) in [7, 11) is -2.33. The maximum Gasteiger partial charge on any atom is 0.243 e. The molecular weight excluding hydrogens is 297 g/mol. The van der Waals surface area contributed by atoms with Crippen LogP contribution in [-0.2, 0) is 14.8 Å². The summed E-state index contributed by atoms with van der Waals surface area (Å²) < 4.78 is 45.3. The molecule has 118 valence electrons. The molecule has 0 saturated carbocycles. The number of nitrogens with one attached hydrogen (secondary N) is 1. The molecule has 6 nitrogen and oxygen atoms in total. The van der Waals surface area contributed by atoms with Crippen molar-refractivity contribution >= 4 is 15.8 Å². The van der Waals surface area contributed by atoms with Gasteiger partial charge in [0, 0.05) is 39.4 Å². The summed E-state index contributed by atoms with van der Waals surface area (Å²) in [5, 5.41) is 0. The molecule has 0 aromatic carbocycles. The lowest BCUT2D eigenvalue weighted by Gasteiger charge is -2.17. The first-order valence-corrected chi connectivity index (χ1v) is 8.42. The second-order valence-electron chi connectivity index (χ2n) is 4.91. The molecule has 0 unspecified atom stereocenters. The third-order valence-electron chi connectivity index (χ3n) is 3.34. The van der Waals surface area contributed by atoms with Crippen LogP contribution in [0.5, 0.6) is 0 Å². The molecule has 2 heterocycles. The largest absolute Gasteiger partial charge is 0.385 e. The lowest BCUT2D eigenvalue weighted by Crippen LogP contribution is -2.27. The van der Waals surface area contributed by atoms with Crippen LogP contribution in [0.1, 0.15) is 19.3 Å². The number of rotatable bonds is 7.